The highest BCUT2D eigenvalue weighted by molar-refractivity contribution is 5.97. The van der Waals surface area contributed by atoms with E-state index in [0.29, 0.717) is 49.5 Å². The van der Waals surface area contributed by atoms with Gasteiger partial charge in [0.2, 0.25) is 5.43 Å². The molecule has 0 atom stereocenters. The summed E-state index contributed by atoms with van der Waals surface area (Å²) >= 11 is 0. The highest BCUT2D eigenvalue weighted by Gasteiger charge is 2.23. The molecule has 1 aliphatic rings. The first-order chi connectivity index (χ1) is 15.8. The number of carboxylic acid groups (broad SMARTS) is 1. The second kappa shape index (κ2) is 9.11. The van der Waals surface area contributed by atoms with Crippen LogP contribution in [0.4, 0.5) is 14.5 Å². The Balaban J connectivity index is 1.53. The molecule has 4 rings (SSSR count). The maximum absolute atomic E-state index is 15.0. The molecule has 2 heterocycles. The summed E-state index contributed by atoms with van der Waals surface area (Å²) in [5.74, 6) is -2.45. The second-order valence-electron chi connectivity index (χ2n) is 7.98. The Bertz CT molecular complexity index is 1280. The molecule has 0 amide bonds. The van der Waals surface area contributed by atoms with Gasteiger partial charge in [-0.1, -0.05) is 0 Å². The van der Waals surface area contributed by atoms with Gasteiger partial charge in [0.05, 0.1) is 17.7 Å². The molecule has 1 fully saturated rings. The van der Waals surface area contributed by atoms with Gasteiger partial charge in [-0.05, 0) is 43.3 Å². The van der Waals surface area contributed by atoms with E-state index in [-0.39, 0.29) is 17.7 Å². The number of fused-ring (bicyclic) bond motifs is 1. The number of piperazine rings is 1. The summed E-state index contributed by atoms with van der Waals surface area (Å²) in [5.41, 5.74) is 0.139. The SMILES string of the molecule is CCn1cc(C(=O)O)c(=O)c2cc(F)c(N3CCN(CC(=O)c4ccc(F)cc4)CC3)cc21. The van der Waals surface area contributed by atoms with Crippen molar-refractivity contribution in [3.63, 3.8) is 0 Å². The van der Waals surface area contributed by atoms with E-state index in [4.69, 9.17) is 0 Å². The van der Waals surface area contributed by atoms with Gasteiger partial charge < -0.3 is 14.6 Å². The molecular weight excluding hydrogens is 432 g/mol. The van der Waals surface area contributed by atoms with Gasteiger partial charge in [-0.25, -0.2) is 13.6 Å². The van der Waals surface area contributed by atoms with Crippen molar-refractivity contribution in [2.75, 3.05) is 37.6 Å². The van der Waals surface area contributed by atoms with Crippen LogP contribution in [0.3, 0.4) is 0 Å². The molecule has 1 N–H and O–H groups in total. The molecule has 1 saturated heterocycles. The van der Waals surface area contributed by atoms with Gasteiger partial charge >= 0.3 is 5.97 Å². The number of nitrogens with zero attached hydrogens (tertiary/aromatic N) is 3. The topological polar surface area (TPSA) is 82.8 Å². The Morgan fingerprint density at radius 2 is 1.70 bits per heavy atom. The number of hydrogen-bond acceptors (Lipinski definition) is 5. The lowest BCUT2D eigenvalue weighted by molar-refractivity contribution is 0.0694. The van der Waals surface area contributed by atoms with Crippen molar-refractivity contribution in [1.29, 1.82) is 0 Å². The van der Waals surface area contributed by atoms with Crippen LogP contribution >= 0.6 is 0 Å². The third kappa shape index (κ3) is 4.49. The van der Waals surface area contributed by atoms with Gasteiger partial charge in [0.1, 0.15) is 17.2 Å². The maximum Gasteiger partial charge on any atom is 0.341 e. The average Bonchev–Trinajstić information content (AvgIpc) is 2.80. The van der Waals surface area contributed by atoms with Crippen LogP contribution in [0.5, 0.6) is 0 Å². The summed E-state index contributed by atoms with van der Waals surface area (Å²) < 4.78 is 29.7. The lowest BCUT2D eigenvalue weighted by atomic mass is 10.1. The largest absolute Gasteiger partial charge is 0.477 e. The number of ketones is 1. The third-order valence-electron chi connectivity index (χ3n) is 5.97. The van der Waals surface area contributed by atoms with Gasteiger partial charge in [0.25, 0.3) is 0 Å². The van der Waals surface area contributed by atoms with E-state index in [0.717, 1.165) is 6.07 Å². The number of aryl methyl sites for hydroxylation is 1. The molecule has 7 nitrogen and oxygen atoms in total. The number of halogens is 2. The van der Waals surface area contributed by atoms with Crippen molar-refractivity contribution in [2.24, 2.45) is 0 Å². The summed E-state index contributed by atoms with van der Waals surface area (Å²) in [5, 5.41) is 9.31. The zero-order valence-electron chi connectivity index (χ0n) is 18.1. The first kappa shape index (κ1) is 22.6. The Labute approximate surface area is 188 Å². The number of benzene rings is 2. The molecule has 0 radical (unpaired) electrons. The highest BCUT2D eigenvalue weighted by Crippen LogP contribution is 2.26. The van der Waals surface area contributed by atoms with Crippen LogP contribution < -0.4 is 10.3 Å². The van der Waals surface area contributed by atoms with E-state index in [1.54, 1.807) is 10.6 Å². The van der Waals surface area contributed by atoms with Crippen molar-refractivity contribution in [1.82, 2.24) is 9.47 Å². The fourth-order valence-corrected chi connectivity index (χ4v) is 4.13. The van der Waals surface area contributed by atoms with E-state index < -0.39 is 28.6 Å². The molecule has 3 aromatic rings. The van der Waals surface area contributed by atoms with E-state index in [9.17, 15) is 28.3 Å². The van der Waals surface area contributed by atoms with Gasteiger partial charge in [0.15, 0.2) is 5.78 Å². The molecule has 1 aliphatic heterocycles. The minimum absolute atomic E-state index is 0.0292. The molecule has 1 aromatic heterocycles. The molecule has 172 valence electrons. The minimum Gasteiger partial charge on any atom is -0.477 e. The average molecular weight is 455 g/mol. The Kier molecular flexibility index (Phi) is 6.24. The summed E-state index contributed by atoms with van der Waals surface area (Å²) in [6.07, 6.45) is 1.29. The van der Waals surface area contributed by atoms with Crippen molar-refractivity contribution < 1.29 is 23.5 Å². The van der Waals surface area contributed by atoms with Gasteiger partial charge in [-0.2, -0.15) is 0 Å². The molecule has 0 aliphatic carbocycles. The van der Waals surface area contributed by atoms with Gasteiger partial charge in [-0.15, -0.1) is 0 Å². The molecule has 2 aromatic carbocycles. The molecule has 0 spiro atoms. The van der Waals surface area contributed by atoms with E-state index in [2.05, 4.69) is 0 Å². The standard InChI is InChI=1S/C24H23F2N3O4/c1-2-28-13-18(24(32)33)23(31)17-11-19(26)21(12-20(17)28)29-9-7-27(8-10-29)14-22(30)15-3-5-16(25)6-4-15/h3-6,11-13H,2,7-10,14H2,1H3,(H,32,33). The minimum atomic E-state index is -1.35. The molecule has 9 heteroatoms. The number of aromatic nitrogens is 1. The fraction of sp³-hybridized carbons (Fsp3) is 0.292. The van der Waals surface area contributed by atoms with Crippen molar-refractivity contribution >= 4 is 28.3 Å². The van der Waals surface area contributed by atoms with Gasteiger partial charge in [0, 0.05) is 49.9 Å². The number of rotatable bonds is 6. The van der Waals surface area contributed by atoms with Crippen LogP contribution in [0.25, 0.3) is 10.9 Å². The number of aromatic carboxylic acids is 1. The maximum atomic E-state index is 15.0. The predicted molar refractivity (Wildman–Crippen MR) is 120 cm³/mol. The first-order valence-corrected chi connectivity index (χ1v) is 10.6. The zero-order chi connectivity index (χ0) is 23.7. The van der Waals surface area contributed by atoms with Crippen molar-refractivity contribution in [2.45, 2.75) is 13.5 Å². The first-order valence-electron chi connectivity index (χ1n) is 10.6. The van der Waals surface area contributed by atoms with Crippen molar-refractivity contribution in [3.05, 3.63) is 75.6 Å². The predicted octanol–water partition coefficient (Wildman–Crippen LogP) is 3.00. The van der Waals surface area contributed by atoms with Crippen LogP contribution in [-0.4, -0.2) is 59.0 Å². The molecule has 0 bridgehead atoms. The fourth-order valence-electron chi connectivity index (χ4n) is 4.13. The normalized spacial score (nSPS) is 14.6. The highest BCUT2D eigenvalue weighted by atomic mass is 19.1. The molecule has 33 heavy (non-hydrogen) atoms. The number of anilines is 1. The lowest BCUT2D eigenvalue weighted by Crippen LogP contribution is -2.48. The number of carboxylic acids is 1. The summed E-state index contributed by atoms with van der Waals surface area (Å²) in [4.78, 5) is 40.2. The van der Waals surface area contributed by atoms with Crippen LogP contribution in [0.1, 0.15) is 27.6 Å². The summed E-state index contributed by atoms with van der Waals surface area (Å²) in [7, 11) is 0. The number of Topliss-reactive ketones (excluding diaryl/α,β-unsaturated/α-hetero) is 1. The number of carbonyl (C=O) groups is 2. The smallest absolute Gasteiger partial charge is 0.341 e. The monoisotopic (exact) mass is 455 g/mol. The molecular formula is C24H23F2N3O4. The summed E-state index contributed by atoms with van der Waals surface area (Å²) in [6.45, 7) is 4.43. The Morgan fingerprint density at radius 3 is 2.30 bits per heavy atom. The van der Waals surface area contributed by atoms with E-state index in [1.807, 2.05) is 16.7 Å². The van der Waals surface area contributed by atoms with Crippen LogP contribution in [0, 0.1) is 11.6 Å². The van der Waals surface area contributed by atoms with Crippen molar-refractivity contribution in [3.8, 4) is 0 Å². The number of hydrogen-bond donors (Lipinski definition) is 1. The quantitative estimate of drug-likeness (QED) is 0.576. The third-order valence-corrected chi connectivity index (χ3v) is 5.97. The lowest BCUT2D eigenvalue weighted by Gasteiger charge is -2.36. The van der Waals surface area contributed by atoms with Crippen LogP contribution in [0.2, 0.25) is 0 Å². The van der Waals surface area contributed by atoms with E-state index in [1.165, 1.54) is 30.5 Å². The Morgan fingerprint density at radius 1 is 1.03 bits per heavy atom. The van der Waals surface area contributed by atoms with Crippen LogP contribution in [-0.2, 0) is 6.54 Å². The Hall–Kier alpha value is -3.59. The molecule has 0 unspecified atom stereocenters. The second-order valence-corrected chi connectivity index (χ2v) is 7.98. The van der Waals surface area contributed by atoms with Crippen LogP contribution in [0.15, 0.2) is 47.4 Å². The van der Waals surface area contributed by atoms with Gasteiger partial charge in [-0.3, -0.25) is 14.5 Å². The van der Waals surface area contributed by atoms with E-state index >= 15 is 0 Å². The summed E-state index contributed by atoms with van der Waals surface area (Å²) in [6, 6.07) is 8.12. The number of pyridine rings is 1. The number of carbonyl (C=O) groups excluding carboxylic acids is 1. The molecule has 0 saturated carbocycles. The zero-order valence-corrected chi connectivity index (χ0v) is 18.1.